The third kappa shape index (κ3) is 1.78. The van der Waals surface area contributed by atoms with Gasteiger partial charge in [-0.05, 0) is 0 Å². The number of ether oxygens (including phenoxy) is 2. The Morgan fingerprint density at radius 2 is 2.27 bits per heavy atom. The van der Waals surface area contributed by atoms with Gasteiger partial charge in [-0.1, -0.05) is 0 Å². The molecule has 60 valence electrons. The van der Waals surface area contributed by atoms with Gasteiger partial charge in [-0.2, -0.15) is 0 Å². The molecule has 0 bridgehead atoms. The third-order valence-electron chi connectivity index (χ3n) is 0.992. The van der Waals surface area contributed by atoms with E-state index in [2.05, 4.69) is 9.47 Å². The number of carbonyl (C=O) groups is 2. The van der Waals surface area contributed by atoms with Gasteiger partial charge >= 0.3 is 11.9 Å². The van der Waals surface area contributed by atoms with Gasteiger partial charge in [-0.25, -0.2) is 9.59 Å². The Kier molecular flexibility index (Phi) is 2.22. The number of rotatable bonds is 3. The molecule has 1 rings (SSSR count). The highest BCUT2D eigenvalue weighted by Crippen LogP contribution is 2.08. The van der Waals surface area contributed by atoms with Gasteiger partial charge in [-0.3, -0.25) is 0 Å². The predicted molar refractivity (Wildman–Crippen MR) is 32.2 cm³/mol. The first-order valence-corrected chi connectivity index (χ1v) is 2.95. The fourth-order valence-electron chi connectivity index (χ4n) is 0.593. The normalized spacial score (nSPS) is 16.3. The molecule has 0 saturated carbocycles. The molecule has 11 heavy (non-hydrogen) atoms. The van der Waals surface area contributed by atoms with E-state index in [-0.39, 0.29) is 19.0 Å². The zero-order valence-corrected chi connectivity index (χ0v) is 5.57. The van der Waals surface area contributed by atoms with Crippen molar-refractivity contribution in [1.29, 1.82) is 0 Å². The van der Waals surface area contributed by atoms with Crippen molar-refractivity contribution in [3.8, 4) is 0 Å². The molecule has 5 nitrogen and oxygen atoms in total. The van der Waals surface area contributed by atoms with Crippen molar-refractivity contribution in [3.63, 3.8) is 0 Å². The van der Waals surface area contributed by atoms with Crippen molar-refractivity contribution < 1.29 is 24.2 Å². The van der Waals surface area contributed by atoms with Crippen LogP contribution in [0, 0.1) is 0 Å². The number of carbonyl (C=O) groups excluding carboxylic acids is 2. The summed E-state index contributed by atoms with van der Waals surface area (Å²) in [5.74, 6) is -1.68. The summed E-state index contributed by atoms with van der Waals surface area (Å²) >= 11 is 0. The highest BCUT2D eigenvalue weighted by atomic mass is 16.6. The third-order valence-corrected chi connectivity index (χ3v) is 0.992. The summed E-state index contributed by atoms with van der Waals surface area (Å²) in [4.78, 5) is 20.9. The Hall–Kier alpha value is -1.36. The SMILES string of the molecule is O=C1C=C(OCCO)C(=O)O1. The highest BCUT2D eigenvalue weighted by molar-refractivity contribution is 6.07. The zero-order chi connectivity index (χ0) is 8.27. The lowest BCUT2D eigenvalue weighted by Gasteiger charge is -1.99. The Morgan fingerprint density at radius 1 is 1.55 bits per heavy atom. The van der Waals surface area contributed by atoms with Gasteiger partial charge in [0.15, 0.2) is 0 Å². The molecule has 1 N–H and O–H groups in total. The fraction of sp³-hybridized carbons (Fsp3) is 0.333. The molecule has 0 saturated heterocycles. The number of esters is 2. The van der Waals surface area contributed by atoms with Crippen LogP contribution < -0.4 is 0 Å². The Morgan fingerprint density at radius 3 is 2.73 bits per heavy atom. The molecular formula is C6H6O5. The maximum Gasteiger partial charge on any atom is 0.381 e. The average molecular weight is 158 g/mol. The van der Waals surface area contributed by atoms with Crippen LogP contribution in [-0.2, 0) is 19.1 Å². The Labute approximate surface area is 62.2 Å². The Bertz CT molecular complexity index is 217. The van der Waals surface area contributed by atoms with Gasteiger partial charge in [-0.15, -0.1) is 0 Å². The van der Waals surface area contributed by atoms with Crippen molar-refractivity contribution in [1.82, 2.24) is 0 Å². The van der Waals surface area contributed by atoms with Crippen molar-refractivity contribution in [2.75, 3.05) is 13.2 Å². The van der Waals surface area contributed by atoms with Gasteiger partial charge in [0.05, 0.1) is 12.7 Å². The molecule has 1 aliphatic heterocycles. The van der Waals surface area contributed by atoms with Crippen LogP contribution in [0.2, 0.25) is 0 Å². The second-order valence-corrected chi connectivity index (χ2v) is 1.79. The summed E-state index contributed by atoms with van der Waals surface area (Å²) in [7, 11) is 0. The van der Waals surface area contributed by atoms with Gasteiger partial charge in [0, 0.05) is 0 Å². The summed E-state index contributed by atoms with van der Waals surface area (Å²) in [5.41, 5.74) is 0. The molecular weight excluding hydrogens is 152 g/mol. The van der Waals surface area contributed by atoms with Crippen molar-refractivity contribution in [2.45, 2.75) is 0 Å². The van der Waals surface area contributed by atoms with Crippen molar-refractivity contribution in [2.24, 2.45) is 0 Å². The van der Waals surface area contributed by atoms with E-state index in [0.717, 1.165) is 6.08 Å². The molecule has 0 amide bonds. The van der Waals surface area contributed by atoms with Crippen LogP contribution in [0.5, 0.6) is 0 Å². The molecule has 5 heteroatoms. The largest absolute Gasteiger partial charge is 0.484 e. The molecule has 0 aromatic rings. The topological polar surface area (TPSA) is 72.8 Å². The van der Waals surface area contributed by atoms with Crippen LogP contribution in [0.15, 0.2) is 11.8 Å². The maximum absolute atomic E-state index is 10.6. The van der Waals surface area contributed by atoms with E-state index < -0.39 is 11.9 Å². The summed E-state index contributed by atoms with van der Waals surface area (Å²) in [6.45, 7) is -0.229. The summed E-state index contributed by atoms with van der Waals surface area (Å²) in [6.07, 6.45) is 0.942. The van der Waals surface area contributed by atoms with E-state index in [0.29, 0.717) is 0 Å². The van der Waals surface area contributed by atoms with Crippen molar-refractivity contribution >= 4 is 11.9 Å². The number of hydrogen-bond acceptors (Lipinski definition) is 5. The van der Waals surface area contributed by atoms with Crippen LogP contribution in [0.25, 0.3) is 0 Å². The maximum atomic E-state index is 10.6. The highest BCUT2D eigenvalue weighted by Gasteiger charge is 2.24. The van der Waals surface area contributed by atoms with Crippen LogP contribution >= 0.6 is 0 Å². The number of aliphatic hydroxyl groups excluding tert-OH is 1. The van der Waals surface area contributed by atoms with Gasteiger partial charge in [0.25, 0.3) is 0 Å². The minimum Gasteiger partial charge on any atom is -0.484 e. The lowest BCUT2D eigenvalue weighted by atomic mass is 10.5. The minimum absolute atomic E-state index is 0.0196. The van der Waals surface area contributed by atoms with Crippen LogP contribution in [0.1, 0.15) is 0 Å². The molecule has 0 unspecified atom stereocenters. The lowest BCUT2D eigenvalue weighted by Crippen LogP contribution is -2.06. The number of aliphatic hydroxyl groups is 1. The van der Waals surface area contributed by atoms with Gasteiger partial charge in [0.1, 0.15) is 6.61 Å². The molecule has 0 spiro atoms. The molecule has 1 aliphatic rings. The molecule has 0 aromatic carbocycles. The molecule has 0 radical (unpaired) electrons. The molecule has 0 aromatic heterocycles. The summed E-state index contributed by atoms with van der Waals surface area (Å²) in [5, 5.41) is 8.29. The van der Waals surface area contributed by atoms with E-state index in [9.17, 15) is 9.59 Å². The summed E-state index contributed by atoms with van der Waals surface area (Å²) in [6, 6.07) is 0. The van der Waals surface area contributed by atoms with Gasteiger partial charge in [0.2, 0.25) is 5.76 Å². The second-order valence-electron chi connectivity index (χ2n) is 1.79. The monoisotopic (exact) mass is 158 g/mol. The van der Waals surface area contributed by atoms with E-state index in [1.54, 1.807) is 0 Å². The molecule has 1 heterocycles. The molecule has 0 atom stereocenters. The van der Waals surface area contributed by atoms with Crippen LogP contribution in [0.4, 0.5) is 0 Å². The van der Waals surface area contributed by atoms with Crippen LogP contribution in [-0.4, -0.2) is 30.3 Å². The zero-order valence-electron chi connectivity index (χ0n) is 5.57. The van der Waals surface area contributed by atoms with Crippen molar-refractivity contribution in [3.05, 3.63) is 11.8 Å². The lowest BCUT2D eigenvalue weighted by molar-refractivity contribution is -0.152. The van der Waals surface area contributed by atoms with E-state index in [1.165, 1.54) is 0 Å². The molecule has 0 fully saturated rings. The smallest absolute Gasteiger partial charge is 0.381 e. The van der Waals surface area contributed by atoms with E-state index in [1.807, 2.05) is 0 Å². The first kappa shape index (κ1) is 7.74. The van der Waals surface area contributed by atoms with Crippen LogP contribution in [0.3, 0.4) is 0 Å². The first-order chi connectivity index (χ1) is 5.24. The summed E-state index contributed by atoms with van der Waals surface area (Å²) < 4.78 is 8.74. The van der Waals surface area contributed by atoms with E-state index in [4.69, 9.17) is 5.11 Å². The Balaban J connectivity index is 2.50. The quantitative estimate of drug-likeness (QED) is 0.419. The first-order valence-electron chi connectivity index (χ1n) is 2.95. The van der Waals surface area contributed by atoms with Gasteiger partial charge < -0.3 is 14.6 Å². The minimum atomic E-state index is -0.802. The average Bonchev–Trinajstić information content (AvgIpc) is 2.26. The standard InChI is InChI=1S/C6H6O5/c7-1-2-10-4-3-5(8)11-6(4)9/h3,7H,1-2H2. The molecule has 0 aliphatic carbocycles. The predicted octanol–water partition coefficient (Wildman–Crippen LogP) is -1.04. The number of cyclic esters (lactones) is 2. The second kappa shape index (κ2) is 3.16. The van der Waals surface area contributed by atoms with E-state index >= 15 is 0 Å². The fourth-order valence-corrected chi connectivity index (χ4v) is 0.593. The number of hydrogen-bond donors (Lipinski definition) is 1.